The van der Waals surface area contributed by atoms with Gasteiger partial charge in [0.15, 0.2) is 0 Å². The smallest absolute Gasteiger partial charge is 0.293 e. The van der Waals surface area contributed by atoms with Gasteiger partial charge in [-0.05, 0) is 61.5 Å². The summed E-state index contributed by atoms with van der Waals surface area (Å²) in [5.74, 6) is -0.297. The number of halogens is 2. The maximum absolute atomic E-state index is 12.4. The van der Waals surface area contributed by atoms with E-state index in [0.29, 0.717) is 15.0 Å². The summed E-state index contributed by atoms with van der Waals surface area (Å²) in [5.41, 5.74) is 3.55. The van der Waals surface area contributed by atoms with Crippen molar-refractivity contribution in [3.63, 3.8) is 0 Å². The molecular weight excluding hydrogens is 391 g/mol. The SMILES string of the molecule is C=CCN1C(=O)S/C(=C/c2cc(C)n(-c3ccc(Cl)cc3Cl)c2C)C1=O. The lowest BCUT2D eigenvalue weighted by molar-refractivity contribution is -0.122. The van der Waals surface area contributed by atoms with E-state index in [1.807, 2.05) is 30.5 Å². The number of aryl methyl sites for hydroxylation is 1. The predicted octanol–water partition coefficient (Wildman–Crippen LogP) is 5.62. The number of carbonyl (C=O) groups excluding carboxylic acids is 2. The van der Waals surface area contributed by atoms with E-state index in [-0.39, 0.29) is 17.7 Å². The molecule has 4 nitrogen and oxygen atoms in total. The van der Waals surface area contributed by atoms with Gasteiger partial charge >= 0.3 is 0 Å². The molecule has 3 rings (SSSR count). The molecule has 0 spiro atoms. The van der Waals surface area contributed by atoms with Crippen LogP contribution >= 0.6 is 35.0 Å². The van der Waals surface area contributed by atoms with Crippen LogP contribution in [0.1, 0.15) is 17.0 Å². The summed E-state index contributed by atoms with van der Waals surface area (Å²) >= 11 is 13.3. The van der Waals surface area contributed by atoms with Crippen LogP contribution in [0.25, 0.3) is 11.8 Å². The van der Waals surface area contributed by atoms with E-state index >= 15 is 0 Å². The standard InChI is InChI=1S/C19H16Cl2N2O2S/c1-4-7-22-18(24)17(26-19(22)25)9-13-8-11(2)23(12(13)3)16-6-5-14(20)10-15(16)21/h4-6,8-10H,1,7H2,2-3H3/b17-9+. The summed E-state index contributed by atoms with van der Waals surface area (Å²) in [5, 5.41) is 0.824. The van der Waals surface area contributed by atoms with Crippen LogP contribution in [0.5, 0.6) is 0 Å². The Morgan fingerprint density at radius 3 is 2.58 bits per heavy atom. The van der Waals surface area contributed by atoms with Gasteiger partial charge in [-0.25, -0.2) is 0 Å². The number of rotatable bonds is 4. The molecule has 134 valence electrons. The maximum atomic E-state index is 12.4. The van der Waals surface area contributed by atoms with Gasteiger partial charge in [0.2, 0.25) is 0 Å². The summed E-state index contributed by atoms with van der Waals surface area (Å²) in [4.78, 5) is 26.0. The third-order valence-corrected chi connectivity index (χ3v) is 5.54. The quantitative estimate of drug-likeness (QED) is 0.488. The lowest BCUT2D eigenvalue weighted by atomic mass is 10.2. The molecule has 2 heterocycles. The molecule has 0 N–H and O–H groups in total. The summed E-state index contributed by atoms with van der Waals surface area (Å²) < 4.78 is 2.00. The zero-order chi connectivity index (χ0) is 19.0. The molecule has 0 atom stereocenters. The number of aromatic nitrogens is 1. The fourth-order valence-corrected chi connectivity index (χ4v) is 4.23. The van der Waals surface area contributed by atoms with Gasteiger partial charge in [-0.2, -0.15) is 0 Å². The minimum Gasteiger partial charge on any atom is -0.316 e. The number of imide groups is 1. The molecule has 1 fully saturated rings. The third-order valence-electron chi connectivity index (χ3n) is 4.09. The summed E-state index contributed by atoms with van der Waals surface area (Å²) in [6.07, 6.45) is 3.28. The molecule has 2 aromatic rings. The van der Waals surface area contributed by atoms with Crippen molar-refractivity contribution in [2.24, 2.45) is 0 Å². The van der Waals surface area contributed by atoms with E-state index < -0.39 is 0 Å². The molecule has 1 aliphatic rings. The molecule has 26 heavy (non-hydrogen) atoms. The van der Waals surface area contributed by atoms with Crippen molar-refractivity contribution in [1.82, 2.24) is 9.47 Å². The minimum absolute atomic E-state index is 0.210. The Hall–Kier alpha value is -1.95. The second-order valence-electron chi connectivity index (χ2n) is 5.84. The Balaban J connectivity index is 2.03. The van der Waals surface area contributed by atoms with Gasteiger partial charge in [-0.3, -0.25) is 14.5 Å². The van der Waals surface area contributed by atoms with Gasteiger partial charge in [-0.15, -0.1) is 6.58 Å². The highest BCUT2D eigenvalue weighted by molar-refractivity contribution is 8.18. The minimum atomic E-state index is -0.297. The van der Waals surface area contributed by atoms with Crippen LogP contribution in [-0.4, -0.2) is 27.2 Å². The van der Waals surface area contributed by atoms with Gasteiger partial charge in [0, 0.05) is 23.0 Å². The van der Waals surface area contributed by atoms with Crippen LogP contribution in [-0.2, 0) is 4.79 Å². The molecule has 1 aromatic carbocycles. The van der Waals surface area contributed by atoms with E-state index in [0.717, 1.165) is 34.4 Å². The van der Waals surface area contributed by atoms with Crippen molar-refractivity contribution >= 4 is 52.2 Å². The number of benzene rings is 1. The highest BCUT2D eigenvalue weighted by Gasteiger charge is 2.34. The molecule has 0 aliphatic carbocycles. The van der Waals surface area contributed by atoms with Crippen molar-refractivity contribution in [1.29, 1.82) is 0 Å². The Kier molecular flexibility index (Phi) is 5.32. The second kappa shape index (κ2) is 7.35. The average molecular weight is 407 g/mol. The molecule has 2 amide bonds. The van der Waals surface area contributed by atoms with E-state index in [2.05, 4.69) is 6.58 Å². The first-order valence-corrected chi connectivity index (χ1v) is 9.41. The molecule has 0 radical (unpaired) electrons. The van der Waals surface area contributed by atoms with E-state index in [1.54, 1.807) is 18.2 Å². The predicted molar refractivity (Wildman–Crippen MR) is 108 cm³/mol. The fraction of sp³-hybridized carbons (Fsp3) is 0.158. The molecule has 0 unspecified atom stereocenters. The van der Waals surface area contributed by atoms with Gasteiger partial charge in [-0.1, -0.05) is 29.3 Å². The van der Waals surface area contributed by atoms with Crippen LogP contribution in [0.2, 0.25) is 10.0 Å². The summed E-state index contributed by atoms with van der Waals surface area (Å²) in [7, 11) is 0. The van der Waals surface area contributed by atoms with Crippen LogP contribution in [0, 0.1) is 13.8 Å². The number of hydrogen-bond donors (Lipinski definition) is 0. The molecule has 0 bridgehead atoms. The largest absolute Gasteiger partial charge is 0.316 e. The lowest BCUT2D eigenvalue weighted by Gasteiger charge is -2.12. The van der Waals surface area contributed by atoms with E-state index in [4.69, 9.17) is 23.2 Å². The van der Waals surface area contributed by atoms with Crippen molar-refractivity contribution in [2.75, 3.05) is 6.54 Å². The highest BCUT2D eigenvalue weighted by atomic mass is 35.5. The lowest BCUT2D eigenvalue weighted by Crippen LogP contribution is -2.27. The number of hydrogen-bond acceptors (Lipinski definition) is 3. The maximum Gasteiger partial charge on any atom is 0.293 e. The number of amides is 2. The normalized spacial score (nSPS) is 16.0. The van der Waals surface area contributed by atoms with Crippen LogP contribution in [0.3, 0.4) is 0 Å². The Bertz CT molecular complexity index is 963. The average Bonchev–Trinajstić information content (AvgIpc) is 2.99. The van der Waals surface area contributed by atoms with Gasteiger partial charge in [0.25, 0.3) is 11.1 Å². The first-order chi connectivity index (χ1) is 12.3. The first-order valence-electron chi connectivity index (χ1n) is 7.84. The fourth-order valence-electron chi connectivity index (χ4n) is 2.89. The topological polar surface area (TPSA) is 42.3 Å². The van der Waals surface area contributed by atoms with Crippen LogP contribution in [0.4, 0.5) is 4.79 Å². The van der Waals surface area contributed by atoms with E-state index in [9.17, 15) is 9.59 Å². The van der Waals surface area contributed by atoms with Crippen molar-refractivity contribution in [2.45, 2.75) is 13.8 Å². The molecule has 1 aliphatic heterocycles. The van der Waals surface area contributed by atoms with Gasteiger partial charge in [0.1, 0.15) is 0 Å². The van der Waals surface area contributed by atoms with Crippen molar-refractivity contribution in [3.8, 4) is 5.69 Å². The summed E-state index contributed by atoms with van der Waals surface area (Å²) in [6, 6.07) is 7.29. The Morgan fingerprint density at radius 1 is 1.19 bits per heavy atom. The highest BCUT2D eigenvalue weighted by Crippen LogP contribution is 2.34. The van der Waals surface area contributed by atoms with Gasteiger partial charge in [0.05, 0.1) is 15.6 Å². The number of carbonyl (C=O) groups is 2. The van der Waals surface area contributed by atoms with Gasteiger partial charge < -0.3 is 4.57 Å². The first kappa shape index (κ1) is 18.8. The Morgan fingerprint density at radius 2 is 1.92 bits per heavy atom. The van der Waals surface area contributed by atoms with Crippen LogP contribution in [0.15, 0.2) is 41.8 Å². The number of thioether (sulfide) groups is 1. The molecule has 1 aromatic heterocycles. The monoisotopic (exact) mass is 406 g/mol. The Labute approximate surface area is 166 Å². The number of nitrogens with zero attached hydrogens (tertiary/aromatic N) is 2. The molecule has 1 saturated heterocycles. The van der Waals surface area contributed by atoms with Crippen molar-refractivity contribution < 1.29 is 9.59 Å². The molecule has 0 saturated carbocycles. The second-order valence-corrected chi connectivity index (χ2v) is 7.68. The van der Waals surface area contributed by atoms with E-state index in [1.165, 1.54) is 11.0 Å². The molecule has 7 heteroatoms. The summed E-state index contributed by atoms with van der Waals surface area (Å²) in [6.45, 7) is 7.69. The van der Waals surface area contributed by atoms with Crippen LogP contribution < -0.4 is 0 Å². The zero-order valence-corrected chi connectivity index (χ0v) is 16.6. The third kappa shape index (κ3) is 3.34. The van der Waals surface area contributed by atoms with Crippen molar-refractivity contribution in [3.05, 3.63) is 68.8 Å². The molecular formula is C19H16Cl2N2O2S. The zero-order valence-electron chi connectivity index (χ0n) is 14.3.